The Bertz CT molecular complexity index is 648. The van der Waals surface area contributed by atoms with Gasteiger partial charge in [-0.15, -0.1) is 0 Å². The van der Waals surface area contributed by atoms with Crippen LogP contribution < -0.4 is 4.72 Å². The van der Waals surface area contributed by atoms with Crippen molar-refractivity contribution in [1.82, 2.24) is 4.72 Å². The number of aliphatic hydroxyl groups is 1. The Hall–Kier alpha value is -1.13. The molecule has 20 heavy (non-hydrogen) atoms. The van der Waals surface area contributed by atoms with Crippen LogP contribution in [0.1, 0.15) is 6.42 Å². The zero-order chi connectivity index (χ0) is 14.6. The predicted octanol–water partition coefficient (Wildman–Crippen LogP) is 1.09. The Morgan fingerprint density at radius 1 is 1.45 bits per heavy atom. The first-order valence-corrected chi connectivity index (χ1v) is 8.13. The Kier molecular flexibility index (Phi) is 5.00. The van der Waals surface area contributed by atoms with E-state index in [1.165, 1.54) is 13.2 Å². The largest absolute Gasteiger partial charge is 0.396 e. The summed E-state index contributed by atoms with van der Waals surface area (Å²) in [6.07, 6.45) is 0.276. The molecule has 1 aliphatic heterocycles. The van der Waals surface area contributed by atoms with Crippen LogP contribution >= 0.6 is 0 Å². The van der Waals surface area contributed by atoms with Gasteiger partial charge in [-0.3, -0.25) is 0 Å². The van der Waals surface area contributed by atoms with Crippen LogP contribution in [0.2, 0.25) is 0 Å². The van der Waals surface area contributed by atoms with Crippen LogP contribution in [0, 0.1) is 0 Å². The molecule has 1 aromatic carbocycles. The topological polar surface area (TPSA) is 100 Å². The number of benzene rings is 1. The average molecular weight is 317 g/mol. The van der Waals surface area contributed by atoms with E-state index in [4.69, 9.17) is 9.84 Å². The summed E-state index contributed by atoms with van der Waals surface area (Å²) in [5, 5.41) is 8.96. The Labute approximate surface area is 120 Å². The van der Waals surface area contributed by atoms with Gasteiger partial charge < -0.3 is 9.84 Å². The molecule has 110 valence electrons. The highest BCUT2D eigenvalue weighted by molar-refractivity contribution is 7.89. The molecule has 0 spiro atoms. The molecule has 9 heteroatoms. The quantitative estimate of drug-likeness (QED) is 0.798. The lowest BCUT2D eigenvalue weighted by Crippen LogP contribution is -2.38. The van der Waals surface area contributed by atoms with Gasteiger partial charge in [-0.05, 0) is 18.6 Å². The van der Waals surface area contributed by atoms with Crippen LogP contribution in [0.3, 0.4) is 0 Å². The predicted molar refractivity (Wildman–Crippen MR) is 75.7 cm³/mol. The van der Waals surface area contributed by atoms with E-state index < -0.39 is 16.1 Å². The standard InChI is InChI=1S/C11H15N3O4S2/c1-18-7-8(5-6-15)14-20(16,17)10-4-2-3-9-11(10)13-19-12-9/h2-4,8,14-15H,5-7H2,1H3. The minimum atomic E-state index is -3.74. The number of hydrogen-bond donors (Lipinski definition) is 2. The normalized spacial score (nSPS) is 14.9. The van der Waals surface area contributed by atoms with Gasteiger partial charge in [-0.2, -0.15) is 8.73 Å². The Morgan fingerprint density at radius 2 is 2.25 bits per heavy atom. The van der Waals surface area contributed by atoms with E-state index >= 15 is 0 Å². The van der Waals surface area contributed by atoms with Crippen LogP contribution in [0.25, 0.3) is 0 Å². The third kappa shape index (κ3) is 3.30. The van der Waals surface area contributed by atoms with Crippen molar-refractivity contribution in [3.05, 3.63) is 18.2 Å². The number of ether oxygens (including phenoxy) is 1. The Morgan fingerprint density at radius 3 is 2.95 bits per heavy atom. The van der Waals surface area contributed by atoms with Gasteiger partial charge in [0.25, 0.3) is 0 Å². The van der Waals surface area contributed by atoms with E-state index in [-0.39, 0.29) is 24.5 Å². The molecule has 1 aliphatic rings. The van der Waals surface area contributed by atoms with Gasteiger partial charge in [-0.25, -0.2) is 13.1 Å². The van der Waals surface area contributed by atoms with E-state index in [1.807, 2.05) is 0 Å². The molecule has 0 fully saturated rings. The minimum Gasteiger partial charge on any atom is -0.396 e. The zero-order valence-corrected chi connectivity index (χ0v) is 12.4. The van der Waals surface area contributed by atoms with Gasteiger partial charge in [0.1, 0.15) is 16.3 Å². The molecule has 0 aliphatic carbocycles. The lowest BCUT2D eigenvalue weighted by molar-refractivity contribution is 0.158. The lowest BCUT2D eigenvalue weighted by Gasteiger charge is -2.17. The molecule has 0 radical (unpaired) electrons. The highest BCUT2D eigenvalue weighted by Gasteiger charge is 2.25. The maximum absolute atomic E-state index is 12.4. The van der Waals surface area contributed by atoms with Crippen molar-refractivity contribution in [2.75, 3.05) is 20.3 Å². The monoisotopic (exact) mass is 317 g/mol. The molecule has 0 amide bonds. The number of methoxy groups -OCH3 is 1. The molecule has 0 aromatic heterocycles. The molecule has 0 saturated carbocycles. The molecule has 1 heterocycles. The van der Waals surface area contributed by atoms with Gasteiger partial charge in [0, 0.05) is 19.8 Å². The van der Waals surface area contributed by atoms with Crippen LogP contribution in [-0.4, -0.2) is 39.9 Å². The maximum atomic E-state index is 12.4. The first-order valence-electron chi connectivity index (χ1n) is 5.92. The van der Waals surface area contributed by atoms with Crippen molar-refractivity contribution < 1.29 is 18.3 Å². The molecule has 7 nitrogen and oxygen atoms in total. The third-order valence-electron chi connectivity index (χ3n) is 2.71. The van der Waals surface area contributed by atoms with Gasteiger partial charge >= 0.3 is 0 Å². The second-order valence-electron chi connectivity index (χ2n) is 4.17. The molecule has 2 N–H and O–H groups in total. The highest BCUT2D eigenvalue weighted by Crippen LogP contribution is 2.37. The van der Waals surface area contributed by atoms with Crippen molar-refractivity contribution in [3.8, 4) is 0 Å². The van der Waals surface area contributed by atoms with Crippen molar-refractivity contribution in [2.24, 2.45) is 8.73 Å². The fraction of sp³-hybridized carbons (Fsp3) is 0.455. The number of aliphatic hydroxyl groups excluding tert-OH is 1. The summed E-state index contributed by atoms with van der Waals surface area (Å²) >= 11 is 0.966. The summed E-state index contributed by atoms with van der Waals surface area (Å²) in [4.78, 5) is 0.0859. The first-order chi connectivity index (χ1) is 9.58. The fourth-order valence-corrected chi connectivity index (χ4v) is 3.84. The summed E-state index contributed by atoms with van der Waals surface area (Å²) in [7, 11) is -2.26. The molecule has 2 rings (SSSR count). The summed E-state index contributed by atoms with van der Waals surface area (Å²) in [6.45, 7) is 0.0596. The second kappa shape index (κ2) is 6.55. The smallest absolute Gasteiger partial charge is 0.243 e. The van der Waals surface area contributed by atoms with Gasteiger partial charge in [0.15, 0.2) is 0 Å². The molecule has 1 atom stereocenters. The maximum Gasteiger partial charge on any atom is 0.243 e. The molecular formula is C11H15N3O4S2. The van der Waals surface area contributed by atoms with E-state index in [0.717, 1.165) is 11.4 Å². The van der Waals surface area contributed by atoms with Crippen LogP contribution in [0.15, 0.2) is 31.8 Å². The number of fused-ring (bicyclic) bond motifs is 1. The highest BCUT2D eigenvalue weighted by atomic mass is 32.2. The first kappa shape index (κ1) is 15.3. The number of hydrogen-bond acceptors (Lipinski definition) is 6. The van der Waals surface area contributed by atoms with Gasteiger partial charge in [0.05, 0.1) is 18.0 Å². The molecule has 0 saturated heterocycles. The van der Waals surface area contributed by atoms with Crippen molar-refractivity contribution in [3.63, 3.8) is 0 Å². The van der Waals surface area contributed by atoms with Crippen molar-refractivity contribution >= 4 is 32.8 Å². The molecule has 1 aromatic rings. The van der Waals surface area contributed by atoms with E-state index in [0.29, 0.717) is 11.4 Å². The minimum absolute atomic E-state index is 0.0859. The summed E-state index contributed by atoms with van der Waals surface area (Å²) in [5.41, 5.74) is 0.897. The third-order valence-corrected chi connectivity index (χ3v) is 4.80. The number of nitrogens with zero attached hydrogens (tertiary/aromatic N) is 2. The second-order valence-corrected chi connectivity index (χ2v) is 6.38. The van der Waals surface area contributed by atoms with E-state index in [2.05, 4.69) is 13.4 Å². The summed E-state index contributed by atoms with van der Waals surface area (Å²) in [6, 6.07) is 4.32. The number of nitrogens with one attached hydrogen (secondary N) is 1. The number of sulfonamides is 1. The SMILES string of the molecule is COCC(CCO)NS(=O)(=O)c1cccc2c1N=S=N2. The van der Waals surface area contributed by atoms with Crippen LogP contribution in [-0.2, 0) is 26.1 Å². The van der Waals surface area contributed by atoms with Crippen LogP contribution in [0.5, 0.6) is 0 Å². The van der Waals surface area contributed by atoms with E-state index in [1.54, 1.807) is 12.1 Å². The molecule has 0 bridgehead atoms. The molecular weight excluding hydrogens is 302 g/mol. The summed E-state index contributed by atoms with van der Waals surface area (Å²) < 4.78 is 40.3. The lowest BCUT2D eigenvalue weighted by atomic mass is 10.2. The molecule has 1 unspecified atom stereocenters. The van der Waals surface area contributed by atoms with Gasteiger partial charge in [-0.1, -0.05) is 6.07 Å². The van der Waals surface area contributed by atoms with Crippen molar-refractivity contribution in [1.29, 1.82) is 0 Å². The Balaban J connectivity index is 2.27. The van der Waals surface area contributed by atoms with E-state index in [9.17, 15) is 8.42 Å². The fourth-order valence-electron chi connectivity index (χ4n) is 1.81. The summed E-state index contributed by atoms with van der Waals surface area (Å²) in [5.74, 6) is 0. The average Bonchev–Trinajstić information content (AvgIpc) is 2.86. The van der Waals surface area contributed by atoms with Crippen molar-refractivity contribution in [2.45, 2.75) is 17.4 Å². The number of rotatable bonds is 7. The van der Waals surface area contributed by atoms with Gasteiger partial charge in [0.2, 0.25) is 10.0 Å². The zero-order valence-electron chi connectivity index (χ0n) is 10.8. The van der Waals surface area contributed by atoms with Crippen LogP contribution in [0.4, 0.5) is 11.4 Å².